The third kappa shape index (κ3) is 7.64. The van der Waals surface area contributed by atoms with E-state index in [4.69, 9.17) is 26.9 Å². The Balaban J connectivity index is 1.73. The Morgan fingerprint density at radius 3 is 2.51 bits per heavy atom. The van der Waals surface area contributed by atoms with Crippen LogP contribution in [0.25, 0.3) is 0 Å². The average molecular weight is 480 g/mol. The standard InChI is InChI=1S/C27H37BN2O5/c1-20(2)30(23-15-21(17-29(28)18-23)19-35-24-9-6-5-7-10-24)27(31)22-11-12-25(33-4)26(16-22)34-14-8-13-32-3/h5-7,9-12,16,20-21,23H,8,13-15,17-19H2,1-4H3. The van der Waals surface area contributed by atoms with Gasteiger partial charge in [0, 0.05) is 50.2 Å². The van der Waals surface area contributed by atoms with E-state index >= 15 is 0 Å². The first kappa shape index (κ1) is 26.9. The summed E-state index contributed by atoms with van der Waals surface area (Å²) in [4.78, 5) is 17.5. The number of ether oxygens (including phenoxy) is 4. The van der Waals surface area contributed by atoms with Crippen LogP contribution < -0.4 is 14.2 Å². The molecule has 1 saturated heterocycles. The van der Waals surface area contributed by atoms with Gasteiger partial charge in [0.05, 0.1) is 20.3 Å². The molecule has 0 bridgehead atoms. The largest absolute Gasteiger partial charge is 0.493 e. The highest BCUT2D eigenvalue weighted by Crippen LogP contribution is 2.30. The Morgan fingerprint density at radius 2 is 1.83 bits per heavy atom. The molecule has 0 aromatic heterocycles. The molecule has 188 valence electrons. The molecule has 1 aliphatic heterocycles. The quantitative estimate of drug-likeness (QED) is 0.340. The molecule has 8 heteroatoms. The number of benzene rings is 2. The van der Waals surface area contributed by atoms with Crippen molar-refractivity contribution < 1.29 is 23.7 Å². The number of piperidine rings is 1. The fraction of sp³-hybridized carbons (Fsp3) is 0.519. The zero-order valence-corrected chi connectivity index (χ0v) is 21.3. The molecule has 0 saturated carbocycles. The lowest BCUT2D eigenvalue weighted by Gasteiger charge is -2.43. The molecule has 7 nitrogen and oxygen atoms in total. The third-order valence-electron chi connectivity index (χ3n) is 6.12. The number of carbonyl (C=O) groups excluding carboxylic acids is 1. The van der Waals surface area contributed by atoms with Crippen LogP contribution in [-0.2, 0) is 4.74 Å². The number of nitrogens with zero attached hydrogens (tertiary/aromatic N) is 2. The highest BCUT2D eigenvalue weighted by molar-refractivity contribution is 6.04. The molecule has 1 amide bonds. The van der Waals surface area contributed by atoms with Gasteiger partial charge in [-0.05, 0) is 57.1 Å². The summed E-state index contributed by atoms with van der Waals surface area (Å²) in [5.74, 6) is 2.15. The predicted molar refractivity (Wildman–Crippen MR) is 137 cm³/mol. The number of carbonyl (C=O) groups is 1. The number of rotatable bonds is 12. The van der Waals surface area contributed by atoms with Crippen molar-refractivity contribution >= 4 is 13.9 Å². The van der Waals surface area contributed by atoms with Crippen LogP contribution in [0.3, 0.4) is 0 Å². The van der Waals surface area contributed by atoms with Crippen LogP contribution in [0, 0.1) is 5.92 Å². The Kier molecular flexibility index (Phi) is 10.3. The molecule has 1 fully saturated rings. The van der Waals surface area contributed by atoms with Crippen molar-refractivity contribution in [3.63, 3.8) is 0 Å². The van der Waals surface area contributed by atoms with Gasteiger partial charge >= 0.3 is 0 Å². The van der Waals surface area contributed by atoms with Gasteiger partial charge in [-0.15, -0.1) is 0 Å². The molecule has 0 spiro atoms. The summed E-state index contributed by atoms with van der Waals surface area (Å²) in [6.45, 7) is 7.05. The topological polar surface area (TPSA) is 60.5 Å². The minimum absolute atomic E-state index is 0.00265. The SMILES string of the molecule is [B]N1CC(COc2ccccc2)CC(N(C(=O)c2ccc(OC)c(OCCCOC)c2)C(C)C)C1. The van der Waals surface area contributed by atoms with E-state index in [1.165, 1.54) is 0 Å². The summed E-state index contributed by atoms with van der Waals surface area (Å²) < 4.78 is 22.4. The van der Waals surface area contributed by atoms with Crippen molar-refractivity contribution in [1.29, 1.82) is 0 Å². The molecule has 0 aliphatic carbocycles. The maximum absolute atomic E-state index is 13.7. The van der Waals surface area contributed by atoms with Crippen molar-refractivity contribution in [3.8, 4) is 17.2 Å². The summed E-state index contributed by atoms with van der Waals surface area (Å²) in [5, 5.41) is 0. The predicted octanol–water partition coefficient (Wildman–Crippen LogP) is 3.81. The smallest absolute Gasteiger partial charge is 0.254 e. The van der Waals surface area contributed by atoms with E-state index in [1.807, 2.05) is 49.1 Å². The number of para-hydroxylation sites is 1. The molecule has 0 N–H and O–H groups in total. The Labute approximate surface area is 210 Å². The summed E-state index contributed by atoms with van der Waals surface area (Å²) in [7, 11) is 9.55. The second-order valence-corrected chi connectivity index (χ2v) is 9.20. The number of hydrogen-bond donors (Lipinski definition) is 0. The number of hydrogen-bond acceptors (Lipinski definition) is 6. The van der Waals surface area contributed by atoms with E-state index in [1.54, 1.807) is 37.2 Å². The molecule has 2 aromatic carbocycles. The Morgan fingerprint density at radius 1 is 1.06 bits per heavy atom. The molecule has 35 heavy (non-hydrogen) atoms. The highest BCUT2D eigenvalue weighted by Gasteiger charge is 2.34. The molecular weight excluding hydrogens is 443 g/mol. The molecule has 1 aliphatic rings. The van der Waals surface area contributed by atoms with Gasteiger partial charge < -0.3 is 28.7 Å². The van der Waals surface area contributed by atoms with E-state index < -0.39 is 0 Å². The minimum atomic E-state index is -0.0487. The van der Waals surface area contributed by atoms with Crippen LogP contribution in [0.1, 0.15) is 37.0 Å². The fourth-order valence-corrected chi connectivity index (χ4v) is 4.54. The summed E-state index contributed by atoms with van der Waals surface area (Å²) in [6, 6.07) is 15.1. The lowest BCUT2D eigenvalue weighted by Crippen LogP contribution is -2.55. The Bertz CT molecular complexity index is 927. The van der Waals surface area contributed by atoms with E-state index in [9.17, 15) is 4.79 Å². The fourth-order valence-electron chi connectivity index (χ4n) is 4.54. The highest BCUT2D eigenvalue weighted by atomic mass is 16.5. The first-order valence-electron chi connectivity index (χ1n) is 12.2. The maximum Gasteiger partial charge on any atom is 0.254 e. The van der Waals surface area contributed by atoms with Gasteiger partial charge in [-0.1, -0.05) is 18.2 Å². The third-order valence-corrected chi connectivity index (χ3v) is 6.12. The minimum Gasteiger partial charge on any atom is -0.493 e. The molecule has 2 unspecified atom stereocenters. The second kappa shape index (κ2) is 13.4. The first-order chi connectivity index (χ1) is 16.9. The summed E-state index contributed by atoms with van der Waals surface area (Å²) in [6.07, 6.45) is 1.57. The monoisotopic (exact) mass is 480 g/mol. The van der Waals surface area contributed by atoms with Gasteiger partial charge in [-0.25, -0.2) is 0 Å². The van der Waals surface area contributed by atoms with E-state index in [0.29, 0.717) is 43.4 Å². The Hall–Kier alpha value is -2.71. The van der Waals surface area contributed by atoms with E-state index in [-0.39, 0.29) is 23.9 Å². The zero-order valence-electron chi connectivity index (χ0n) is 21.3. The van der Waals surface area contributed by atoms with Crippen LogP contribution in [0.15, 0.2) is 48.5 Å². The molecular formula is C27H37BN2O5. The van der Waals surface area contributed by atoms with Crippen LogP contribution in [0.4, 0.5) is 0 Å². The molecule has 1 heterocycles. The maximum atomic E-state index is 13.7. The normalized spacial score (nSPS) is 18.3. The number of methoxy groups -OCH3 is 2. The van der Waals surface area contributed by atoms with Gasteiger partial charge in [0.1, 0.15) is 5.75 Å². The van der Waals surface area contributed by atoms with Gasteiger partial charge in [0.2, 0.25) is 0 Å². The van der Waals surface area contributed by atoms with Crippen LogP contribution in [0.2, 0.25) is 0 Å². The van der Waals surface area contributed by atoms with Crippen LogP contribution in [0.5, 0.6) is 17.2 Å². The molecule has 3 rings (SSSR count). The lowest BCUT2D eigenvalue weighted by atomic mass is 9.90. The average Bonchev–Trinajstić information content (AvgIpc) is 2.85. The molecule has 2 aromatic rings. The van der Waals surface area contributed by atoms with Gasteiger partial charge in [-0.3, -0.25) is 4.79 Å². The van der Waals surface area contributed by atoms with E-state index in [2.05, 4.69) is 0 Å². The van der Waals surface area contributed by atoms with Crippen LogP contribution in [-0.4, -0.2) is 82.8 Å². The zero-order chi connectivity index (χ0) is 25.2. The van der Waals surface area contributed by atoms with Gasteiger partial charge in [-0.2, -0.15) is 0 Å². The van der Waals surface area contributed by atoms with Crippen molar-refractivity contribution in [2.75, 3.05) is 47.1 Å². The first-order valence-corrected chi connectivity index (χ1v) is 12.2. The van der Waals surface area contributed by atoms with Crippen molar-refractivity contribution in [1.82, 2.24) is 9.71 Å². The van der Waals surface area contributed by atoms with Gasteiger partial charge in [0.15, 0.2) is 19.5 Å². The van der Waals surface area contributed by atoms with Crippen molar-refractivity contribution in [2.24, 2.45) is 5.92 Å². The lowest BCUT2D eigenvalue weighted by molar-refractivity contribution is 0.0421. The van der Waals surface area contributed by atoms with Crippen LogP contribution >= 0.6 is 0 Å². The molecule has 2 radical (unpaired) electrons. The summed E-state index contributed by atoms with van der Waals surface area (Å²) >= 11 is 0. The van der Waals surface area contributed by atoms with Crippen molar-refractivity contribution in [2.45, 2.75) is 38.8 Å². The summed E-state index contributed by atoms with van der Waals surface area (Å²) in [5.41, 5.74) is 0.562. The second-order valence-electron chi connectivity index (χ2n) is 9.20. The van der Waals surface area contributed by atoms with Gasteiger partial charge in [0.25, 0.3) is 5.91 Å². The number of amides is 1. The molecule has 2 atom stereocenters. The van der Waals surface area contributed by atoms with E-state index in [0.717, 1.165) is 25.1 Å². The van der Waals surface area contributed by atoms with Crippen molar-refractivity contribution in [3.05, 3.63) is 54.1 Å².